The van der Waals surface area contributed by atoms with E-state index in [1.165, 1.54) is 0 Å². The third kappa shape index (κ3) is 2.89. The Labute approximate surface area is 125 Å². The highest BCUT2D eigenvalue weighted by Crippen LogP contribution is 2.27. The van der Waals surface area contributed by atoms with Gasteiger partial charge in [-0.15, -0.1) is 0 Å². The van der Waals surface area contributed by atoms with E-state index in [0.717, 1.165) is 34.5 Å². The Bertz CT molecular complexity index is 617. The molecule has 0 fully saturated rings. The lowest BCUT2D eigenvalue weighted by Gasteiger charge is -2.08. The van der Waals surface area contributed by atoms with Gasteiger partial charge in [-0.2, -0.15) is 5.10 Å². The third-order valence-electron chi connectivity index (χ3n) is 3.36. The molecular formula is C16H21ClN2O. The summed E-state index contributed by atoms with van der Waals surface area (Å²) < 4.78 is 1.74. The van der Waals surface area contributed by atoms with Gasteiger partial charge in [0, 0.05) is 5.56 Å². The van der Waals surface area contributed by atoms with Crippen LogP contribution in [0.5, 0.6) is 0 Å². The van der Waals surface area contributed by atoms with Gasteiger partial charge in [-0.1, -0.05) is 37.6 Å². The Morgan fingerprint density at radius 1 is 1.30 bits per heavy atom. The summed E-state index contributed by atoms with van der Waals surface area (Å²) in [4.78, 5) is 0. The second-order valence-electron chi connectivity index (χ2n) is 5.67. The first-order valence-corrected chi connectivity index (χ1v) is 7.26. The van der Waals surface area contributed by atoms with E-state index < -0.39 is 0 Å². The van der Waals surface area contributed by atoms with Crippen LogP contribution in [0.15, 0.2) is 18.2 Å². The maximum atomic E-state index is 9.56. The Kier molecular flexibility index (Phi) is 4.51. The van der Waals surface area contributed by atoms with Crippen molar-refractivity contribution in [3.05, 3.63) is 45.7 Å². The van der Waals surface area contributed by atoms with E-state index in [1.807, 2.05) is 13.8 Å². The summed E-state index contributed by atoms with van der Waals surface area (Å²) >= 11 is 6.41. The molecule has 0 spiro atoms. The van der Waals surface area contributed by atoms with E-state index in [-0.39, 0.29) is 6.61 Å². The molecule has 2 rings (SSSR count). The smallest absolute Gasteiger partial charge is 0.138 e. The fourth-order valence-electron chi connectivity index (χ4n) is 2.29. The Morgan fingerprint density at radius 3 is 2.60 bits per heavy atom. The van der Waals surface area contributed by atoms with Crippen LogP contribution in [0, 0.1) is 19.8 Å². The highest BCUT2D eigenvalue weighted by atomic mass is 35.5. The lowest BCUT2D eigenvalue weighted by atomic mass is 10.1. The SMILES string of the molecule is Cc1ccc(C)c(-n2nc(CC(C)C)c(CO)c2Cl)c1. The average molecular weight is 293 g/mol. The first-order valence-electron chi connectivity index (χ1n) is 6.88. The number of aliphatic hydroxyl groups is 1. The lowest BCUT2D eigenvalue weighted by Crippen LogP contribution is -2.02. The molecule has 20 heavy (non-hydrogen) atoms. The normalized spacial score (nSPS) is 11.3. The van der Waals surface area contributed by atoms with Gasteiger partial charge in [-0.05, 0) is 43.4 Å². The Hall–Kier alpha value is -1.32. The molecule has 0 saturated heterocycles. The van der Waals surface area contributed by atoms with Gasteiger partial charge in [0.1, 0.15) is 5.15 Å². The lowest BCUT2D eigenvalue weighted by molar-refractivity contribution is 0.280. The van der Waals surface area contributed by atoms with E-state index in [2.05, 4.69) is 37.1 Å². The first-order chi connectivity index (χ1) is 9.43. The fraction of sp³-hybridized carbons (Fsp3) is 0.438. The van der Waals surface area contributed by atoms with Crippen LogP contribution < -0.4 is 0 Å². The molecule has 1 heterocycles. The van der Waals surface area contributed by atoms with Crippen LogP contribution in [-0.2, 0) is 13.0 Å². The molecule has 0 aliphatic rings. The molecular weight excluding hydrogens is 272 g/mol. The molecule has 0 bridgehead atoms. The summed E-state index contributed by atoms with van der Waals surface area (Å²) in [5.74, 6) is 0.471. The zero-order valence-electron chi connectivity index (χ0n) is 12.4. The van der Waals surface area contributed by atoms with E-state index in [4.69, 9.17) is 11.6 Å². The molecule has 1 N–H and O–H groups in total. The minimum Gasteiger partial charge on any atom is -0.391 e. The monoisotopic (exact) mass is 292 g/mol. The number of hydrogen-bond acceptors (Lipinski definition) is 2. The Balaban J connectivity index is 2.57. The second kappa shape index (κ2) is 5.98. The molecule has 3 nitrogen and oxygen atoms in total. The summed E-state index contributed by atoms with van der Waals surface area (Å²) in [6.07, 6.45) is 0.813. The number of hydrogen-bond donors (Lipinski definition) is 1. The van der Waals surface area contributed by atoms with Crippen molar-refractivity contribution < 1.29 is 5.11 Å². The summed E-state index contributed by atoms with van der Waals surface area (Å²) in [5, 5.41) is 14.7. The zero-order valence-corrected chi connectivity index (χ0v) is 13.2. The Morgan fingerprint density at radius 2 is 2.00 bits per heavy atom. The van der Waals surface area contributed by atoms with Crippen LogP contribution in [0.4, 0.5) is 0 Å². The number of halogens is 1. The molecule has 2 aromatic rings. The van der Waals surface area contributed by atoms with Crippen LogP contribution in [0.3, 0.4) is 0 Å². The number of aromatic nitrogens is 2. The van der Waals surface area contributed by atoms with Crippen molar-refractivity contribution >= 4 is 11.6 Å². The molecule has 0 unspecified atom stereocenters. The highest BCUT2D eigenvalue weighted by molar-refractivity contribution is 6.30. The van der Waals surface area contributed by atoms with Crippen molar-refractivity contribution in [1.82, 2.24) is 9.78 Å². The number of nitrogens with zero attached hydrogens (tertiary/aromatic N) is 2. The van der Waals surface area contributed by atoms with Gasteiger partial charge in [0.05, 0.1) is 18.0 Å². The quantitative estimate of drug-likeness (QED) is 0.930. The van der Waals surface area contributed by atoms with E-state index in [1.54, 1.807) is 4.68 Å². The van der Waals surface area contributed by atoms with Crippen LogP contribution in [-0.4, -0.2) is 14.9 Å². The highest BCUT2D eigenvalue weighted by Gasteiger charge is 2.18. The van der Waals surface area contributed by atoms with Gasteiger partial charge in [-0.25, -0.2) is 4.68 Å². The largest absolute Gasteiger partial charge is 0.391 e. The molecule has 1 aromatic carbocycles. The molecule has 0 amide bonds. The van der Waals surface area contributed by atoms with Gasteiger partial charge < -0.3 is 5.11 Å². The summed E-state index contributed by atoms with van der Waals surface area (Å²) in [6, 6.07) is 6.19. The predicted octanol–water partition coefficient (Wildman–Crippen LogP) is 3.83. The third-order valence-corrected chi connectivity index (χ3v) is 3.74. The molecule has 1 aromatic heterocycles. The molecule has 0 aliphatic carbocycles. The molecule has 0 radical (unpaired) electrons. The molecule has 108 valence electrons. The molecule has 4 heteroatoms. The van der Waals surface area contributed by atoms with Crippen molar-refractivity contribution in [3.8, 4) is 5.69 Å². The van der Waals surface area contributed by atoms with E-state index in [0.29, 0.717) is 11.1 Å². The maximum absolute atomic E-state index is 9.56. The van der Waals surface area contributed by atoms with Gasteiger partial charge in [0.15, 0.2) is 0 Å². The van der Waals surface area contributed by atoms with Gasteiger partial charge in [-0.3, -0.25) is 0 Å². The summed E-state index contributed by atoms with van der Waals surface area (Å²) in [7, 11) is 0. The van der Waals surface area contributed by atoms with Gasteiger partial charge >= 0.3 is 0 Å². The molecule has 0 saturated carbocycles. The minimum atomic E-state index is -0.0776. The minimum absolute atomic E-state index is 0.0776. The number of aliphatic hydroxyl groups excluding tert-OH is 1. The molecule has 0 aliphatic heterocycles. The zero-order chi connectivity index (χ0) is 14.9. The first kappa shape index (κ1) is 15.1. The summed E-state index contributed by atoms with van der Waals surface area (Å²) in [6.45, 7) is 8.26. The number of aryl methyl sites for hydroxylation is 2. The fourth-order valence-corrected chi connectivity index (χ4v) is 2.58. The topological polar surface area (TPSA) is 38.0 Å². The van der Waals surface area contributed by atoms with Crippen LogP contribution in [0.2, 0.25) is 5.15 Å². The molecule has 0 atom stereocenters. The summed E-state index contributed by atoms with van der Waals surface area (Å²) in [5.41, 5.74) is 4.86. The predicted molar refractivity (Wildman–Crippen MR) is 82.5 cm³/mol. The van der Waals surface area contributed by atoms with E-state index >= 15 is 0 Å². The van der Waals surface area contributed by atoms with Crippen molar-refractivity contribution in [3.63, 3.8) is 0 Å². The van der Waals surface area contributed by atoms with Gasteiger partial charge in [0.2, 0.25) is 0 Å². The second-order valence-corrected chi connectivity index (χ2v) is 6.03. The van der Waals surface area contributed by atoms with Crippen molar-refractivity contribution in [2.75, 3.05) is 0 Å². The standard InChI is InChI=1S/C16H21ClN2O/c1-10(2)7-14-13(9-20)16(17)19(18-14)15-8-11(3)5-6-12(15)4/h5-6,8,10,20H,7,9H2,1-4H3. The number of rotatable bonds is 4. The average Bonchev–Trinajstić information content (AvgIpc) is 2.68. The van der Waals surface area contributed by atoms with E-state index in [9.17, 15) is 5.11 Å². The van der Waals surface area contributed by atoms with Crippen LogP contribution in [0.1, 0.15) is 36.2 Å². The van der Waals surface area contributed by atoms with Crippen molar-refractivity contribution in [1.29, 1.82) is 0 Å². The van der Waals surface area contributed by atoms with Crippen molar-refractivity contribution in [2.45, 2.75) is 40.7 Å². The van der Waals surface area contributed by atoms with Crippen LogP contribution >= 0.6 is 11.6 Å². The maximum Gasteiger partial charge on any atom is 0.138 e. The van der Waals surface area contributed by atoms with Crippen LogP contribution in [0.25, 0.3) is 5.69 Å². The van der Waals surface area contributed by atoms with Gasteiger partial charge in [0.25, 0.3) is 0 Å². The number of benzene rings is 1. The van der Waals surface area contributed by atoms with Crippen molar-refractivity contribution in [2.24, 2.45) is 5.92 Å².